The van der Waals surface area contributed by atoms with Crippen LogP contribution in [-0.2, 0) is 16.6 Å². The van der Waals surface area contributed by atoms with Gasteiger partial charge in [-0.1, -0.05) is 30.3 Å². The van der Waals surface area contributed by atoms with E-state index in [2.05, 4.69) is 0 Å². The van der Waals surface area contributed by atoms with Gasteiger partial charge in [-0.2, -0.15) is 0 Å². The van der Waals surface area contributed by atoms with Gasteiger partial charge in [-0.15, -0.1) is 0 Å². The van der Waals surface area contributed by atoms with Crippen LogP contribution in [0.1, 0.15) is 5.56 Å². The van der Waals surface area contributed by atoms with Gasteiger partial charge in [0.25, 0.3) is 10.0 Å². The van der Waals surface area contributed by atoms with Crippen molar-refractivity contribution in [1.29, 1.82) is 0 Å². The summed E-state index contributed by atoms with van der Waals surface area (Å²) in [5, 5.41) is 0.870. The highest BCUT2D eigenvalue weighted by molar-refractivity contribution is 7.90. The first-order valence-electron chi connectivity index (χ1n) is 6.24. The predicted molar refractivity (Wildman–Crippen MR) is 78.9 cm³/mol. The van der Waals surface area contributed by atoms with Gasteiger partial charge in [-0.25, -0.2) is 12.4 Å². The second kappa shape index (κ2) is 4.77. The van der Waals surface area contributed by atoms with Crippen molar-refractivity contribution in [1.82, 2.24) is 3.97 Å². The fraction of sp³-hybridized carbons (Fsp3) is 0.0667. The molecular weight excluding hydrogens is 272 g/mol. The summed E-state index contributed by atoms with van der Waals surface area (Å²) < 4.78 is 26.6. The van der Waals surface area contributed by atoms with Gasteiger partial charge in [-0.3, -0.25) is 0 Å². The number of nitrogens with two attached hydrogens (primary N) is 1. The molecule has 3 rings (SSSR count). The first-order valence-corrected chi connectivity index (χ1v) is 7.68. The van der Waals surface area contributed by atoms with Gasteiger partial charge in [0.05, 0.1) is 10.4 Å². The van der Waals surface area contributed by atoms with E-state index < -0.39 is 10.0 Å². The Bertz CT molecular complexity index is 852. The highest BCUT2D eigenvalue weighted by atomic mass is 32.2. The quantitative estimate of drug-likeness (QED) is 0.803. The summed E-state index contributed by atoms with van der Waals surface area (Å²) in [6.45, 7) is 0.382. The Kier molecular flexibility index (Phi) is 3.08. The summed E-state index contributed by atoms with van der Waals surface area (Å²) in [6.07, 6.45) is 1.58. The molecule has 4 nitrogen and oxygen atoms in total. The minimum Gasteiger partial charge on any atom is -0.326 e. The molecule has 0 fully saturated rings. The summed E-state index contributed by atoms with van der Waals surface area (Å²) in [4.78, 5) is 0.274. The van der Waals surface area contributed by atoms with Gasteiger partial charge in [0.2, 0.25) is 0 Å². The molecule has 1 aromatic heterocycles. The molecule has 0 radical (unpaired) electrons. The standard InChI is InChI=1S/C15H14N2O2S/c16-11-12-5-4-8-15-14(12)9-10-17(15)20(18,19)13-6-2-1-3-7-13/h1-10H,11,16H2. The molecule has 0 atom stereocenters. The number of rotatable bonds is 3. The number of hydrogen-bond donors (Lipinski definition) is 1. The van der Waals surface area contributed by atoms with Crippen molar-refractivity contribution < 1.29 is 8.42 Å². The van der Waals surface area contributed by atoms with Crippen LogP contribution in [0.15, 0.2) is 65.7 Å². The number of nitrogens with zero attached hydrogens (tertiary/aromatic N) is 1. The van der Waals surface area contributed by atoms with E-state index in [1.807, 2.05) is 12.1 Å². The number of fused-ring (bicyclic) bond motifs is 1. The van der Waals surface area contributed by atoms with Crippen LogP contribution in [-0.4, -0.2) is 12.4 Å². The molecule has 0 aliphatic carbocycles. The van der Waals surface area contributed by atoms with Crippen LogP contribution in [0.3, 0.4) is 0 Å². The van der Waals surface area contributed by atoms with Crippen LogP contribution < -0.4 is 5.73 Å². The van der Waals surface area contributed by atoms with Crippen LogP contribution in [0.4, 0.5) is 0 Å². The Balaban J connectivity index is 2.26. The normalized spacial score (nSPS) is 11.8. The van der Waals surface area contributed by atoms with E-state index in [4.69, 9.17) is 5.73 Å². The van der Waals surface area contributed by atoms with Gasteiger partial charge in [0.1, 0.15) is 0 Å². The Morgan fingerprint density at radius 3 is 2.40 bits per heavy atom. The molecule has 0 saturated heterocycles. The Morgan fingerprint density at radius 2 is 1.70 bits per heavy atom. The minimum absolute atomic E-state index is 0.274. The maximum absolute atomic E-state index is 12.6. The Labute approximate surface area is 117 Å². The topological polar surface area (TPSA) is 65.1 Å². The van der Waals surface area contributed by atoms with E-state index in [1.54, 1.807) is 48.7 Å². The molecule has 5 heteroatoms. The number of hydrogen-bond acceptors (Lipinski definition) is 3. The highest BCUT2D eigenvalue weighted by Gasteiger charge is 2.18. The zero-order valence-electron chi connectivity index (χ0n) is 10.7. The first kappa shape index (κ1) is 12.9. The average Bonchev–Trinajstić information content (AvgIpc) is 2.92. The molecule has 3 aromatic rings. The third-order valence-electron chi connectivity index (χ3n) is 3.31. The number of benzene rings is 2. The van der Waals surface area contributed by atoms with Crippen LogP contribution in [0, 0.1) is 0 Å². The molecule has 2 N–H and O–H groups in total. The van der Waals surface area contributed by atoms with Crippen molar-refractivity contribution in [3.05, 3.63) is 66.4 Å². The summed E-state index contributed by atoms with van der Waals surface area (Å²) >= 11 is 0. The molecule has 0 unspecified atom stereocenters. The largest absolute Gasteiger partial charge is 0.326 e. The molecule has 2 aromatic carbocycles. The first-order chi connectivity index (χ1) is 9.64. The third-order valence-corrected chi connectivity index (χ3v) is 5.01. The van der Waals surface area contributed by atoms with Crippen molar-refractivity contribution >= 4 is 20.9 Å². The molecule has 0 amide bonds. The fourth-order valence-electron chi connectivity index (χ4n) is 2.30. The lowest BCUT2D eigenvalue weighted by molar-refractivity contribution is 0.589. The third kappa shape index (κ3) is 1.92. The van der Waals surface area contributed by atoms with Gasteiger partial charge in [0, 0.05) is 18.1 Å². The predicted octanol–water partition coefficient (Wildman–Crippen LogP) is 2.34. The minimum atomic E-state index is -3.57. The summed E-state index contributed by atoms with van der Waals surface area (Å²) in [5.41, 5.74) is 7.27. The molecular formula is C15H14N2O2S. The molecule has 0 saturated carbocycles. The summed E-state index contributed by atoms with van der Waals surface area (Å²) in [5.74, 6) is 0. The summed E-state index contributed by atoms with van der Waals surface area (Å²) in [7, 11) is -3.57. The molecule has 1 heterocycles. The lowest BCUT2D eigenvalue weighted by atomic mass is 10.1. The maximum atomic E-state index is 12.6. The van der Waals surface area contributed by atoms with Crippen molar-refractivity contribution in [2.75, 3.05) is 0 Å². The van der Waals surface area contributed by atoms with Gasteiger partial charge < -0.3 is 5.73 Å². The highest BCUT2D eigenvalue weighted by Crippen LogP contribution is 2.24. The molecule has 0 spiro atoms. The van der Waals surface area contributed by atoms with E-state index in [9.17, 15) is 8.42 Å². The van der Waals surface area contributed by atoms with Crippen molar-refractivity contribution in [2.45, 2.75) is 11.4 Å². The molecule has 0 bridgehead atoms. The van der Waals surface area contributed by atoms with E-state index in [0.717, 1.165) is 10.9 Å². The second-order valence-corrected chi connectivity index (χ2v) is 6.30. The smallest absolute Gasteiger partial charge is 0.268 e. The Morgan fingerprint density at radius 1 is 0.950 bits per heavy atom. The SMILES string of the molecule is NCc1cccc2c1ccn2S(=O)(=O)c1ccccc1. The van der Waals surface area contributed by atoms with Crippen LogP contribution in [0.25, 0.3) is 10.9 Å². The van der Waals surface area contributed by atoms with Crippen molar-refractivity contribution in [3.8, 4) is 0 Å². The maximum Gasteiger partial charge on any atom is 0.268 e. The van der Waals surface area contributed by atoms with E-state index >= 15 is 0 Å². The summed E-state index contributed by atoms with van der Waals surface area (Å²) in [6, 6.07) is 15.7. The Hall–Kier alpha value is -2.11. The lowest BCUT2D eigenvalue weighted by Crippen LogP contribution is -2.11. The molecule has 102 valence electrons. The van der Waals surface area contributed by atoms with Crippen LogP contribution >= 0.6 is 0 Å². The zero-order chi connectivity index (χ0) is 14.2. The lowest BCUT2D eigenvalue weighted by Gasteiger charge is -2.08. The molecule has 0 aliphatic heterocycles. The monoisotopic (exact) mass is 286 g/mol. The van der Waals surface area contributed by atoms with Gasteiger partial charge in [0.15, 0.2) is 0 Å². The van der Waals surface area contributed by atoms with Gasteiger partial charge in [-0.05, 0) is 29.8 Å². The number of aromatic nitrogens is 1. The van der Waals surface area contributed by atoms with E-state index in [0.29, 0.717) is 12.1 Å². The molecule has 20 heavy (non-hydrogen) atoms. The van der Waals surface area contributed by atoms with E-state index in [1.165, 1.54) is 3.97 Å². The van der Waals surface area contributed by atoms with Gasteiger partial charge >= 0.3 is 0 Å². The average molecular weight is 286 g/mol. The zero-order valence-corrected chi connectivity index (χ0v) is 11.5. The van der Waals surface area contributed by atoms with Crippen LogP contribution in [0.2, 0.25) is 0 Å². The second-order valence-electron chi connectivity index (χ2n) is 4.48. The van der Waals surface area contributed by atoms with Crippen molar-refractivity contribution in [2.24, 2.45) is 5.73 Å². The molecule has 0 aliphatic rings. The van der Waals surface area contributed by atoms with E-state index in [-0.39, 0.29) is 4.90 Å². The van der Waals surface area contributed by atoms with Crippen molar-refractivity contribution in [3.63, 3.8) is 0 Å². The fourth-order valence-corrected chi connectivity index (χ4v) is 3.67. The van der Waals surface area contributed by atoms with Crippen LogP contribution in [0.5, 0.6) is 0 Å².